The van der Waals surface area contributed by atoms with Crippen molar-refractivity contribution in [2.75, 3.05) is 12.4 Å². The van der Waals surface area contributed by atoms with Crippen LogP contribution in [-0.2, 0) is 11.3 Å². The molecule has 0 aliphatic carbocycles. The summed E-state index contributed by atoms with van der Waals surface area (Å²) >= 11 is 0. The van der Waals surface area contributed by atoms with Crippen LogP contribution in [0.25, 0.3) is 0 Å². The van der Waals surface area contributed by atoms with E-state index >= 15 is 0 Å². The molecule has 0 saturated carbocycles. The minimum absolute atomic E-state index is 0.118. The van der Waals surface area contributed by atoms with E-state index in [1.54, 1.807) is 24.3 Å². The third-order valence-corrected chi connectivity index (χ3v) is 2.94. The van der Waals surface area contributed by atoms with Gasteiger partial charge in [0.2, 0.25) is 11.8 Å². The van der Waals surface area contributed by atoms with Gasteiger partial charge in [0.05, 0.1) is 12.7 Å². The number of anilines is 1. The lowest BCUT2D eigenvalue weighted by atomic mass is 10.2. The van der Waals surface area contributed by atoms with Crippen LogP contribution in [0.4, 0.5) is 5.69 Å². The number of carbonyl (C=O) groups excluding carboxylic acids is 2. The summed E-state index contributed by atoms with van der Waals surface area (Å²) in [6.45, 7) is 1.85. The zero-order valence-corrected chi connectivity index (χ0v) is 12.4. The molecule has 22 heavy (non-hydrogen) atoms. The third kappa shape index (κ3) is 4.31. The van der Waals surface area contributed by atoms with Gasteiger partial charge in [0.25, 0.3) is 5.91 Å². The Morgan fingerprint density at radius 3 is 2.41 bits per heavy atom. The Morgan fingerprint density at radius 1 is 1.14 bits per heavy atom. The topological polar surface area (TPSA) is 80.3 Å². The highest BCUT2D eigenvalue weighted by molar-refractivity contribution is 5.93. The number of ether oxygens (including phenoxy) is 1. The van der Waals surface area contributed by atoms with Crippen molar-refractivity contribution in [1.82, 2.24) is 10.3 Å². The summed E-state index contributed by atoms with van der Waals surface area (Å²) in [5, 5.41) is 5.49. The maximum absolute atomic E-state index is 12.0. The Labute approximate surface area is 128 Å². The second-order valence-corrected chi connectivity index (χ2v) is 4.65. The van der Waals surface area contributed by atoms with Crippen LogP contribution in [0, 0.1) is 0 Å². The van der Waals surface area contributed by atoms with Crippen LogP contribution < -0.4 is 15.4 Å². The Kier molecular flexibility index (Phi) is 5.08. The third-order valence-electron chi connectivity index (χ3n) is 2.94. The van der Waals surface area contributed by atoms with Crippen molar-refractivity contribution in [2.24, 2.45) is 0 Å². The number of benzene rings is 1. The first-order valence-corrected chi connectivity index (χ1v) is 6.73. The van der Waals surface area contributed by atoms with Gasteiger partial charge in [0.1, 0.15) is 0 Å². The summed E-state index contributed by atoms with van der Waals surface area (Å²) in [5.74, 6) is 0.138. The number of hydrogen-bond acceptors (Lipinski definition) is 4. The molecule has 1 heterocycles. The molecular weight excluding hydrogens is 282 g/mol. The van der Waals surface area contributed by atoms with Crippen LogP contribution in [0.3, 0.4) is 0 Å². The molecule has 0 fully saturated rings. The molecule has 2 rings (SSSR count). The van der Waals surface area contributed by atoms with Gasteiger partial charge >= 0.3 is 0 Å². The highest BCUT2D eigenvalue weighted by Crippen LogP contribution is 2.10. The van der Waals surface area contributed by atoms with Crippen molar-refractivity contribution >= 4 is 17.5 Å². The molecular formula is C16H17N3O3. The van der Waals surface area contributed by atoms with Gasteiger partial charge in [-0.3, -0.25) is 9.59 Å². The Hall–Kier alpha value is -2.89. The van der Waals surface area contributed by atoms with E-state index in [2.05, 4.69) is 15.6 Å². The maximum atomic E-state index is 12.0. The number of aromatic nitrogens is 1. The molecule has 2 N–H and O–H groups in total. The Balaban J connectivity index is 1.91. The van der Waals surface area contributed by atoms with Crippen molar-refractivity contribution in [3.8, 4) is 5.88 Å². The summed E-state index contributed by atoms with van der Waals surface area (Å²) in [7, 11) is 1.52. The lowest BCUT2D eigenvalue weighted by molar-refractivity contribution is -0.114. The Morgan fingerprint density at radius 2 is 1.86 bits per heavy atom. The Bertz CT molecular complexity index is 651. The van der Waals surface area contributed by atoms with Gasteiger partial charge in [0.15, 0.2) is 0 Å². The zero-order chi connectivity index (χ0) is 15.9. The summed E-state index contributed by atoms with van der Waals surface area (Å²) in [4.78, 5) is 26.9. The first-order chi connectivity index (χ1) is 10.6. The number of nitrogens with one attached hydrogen (secondary N) is 2. The fourth-order valence-electron chi connectivity index (χ4n) is 1.83. The first kappa shape index (κ1) is 15.5. The second-order valence-electron chi connectivity index (χ2n) is 4.65. The maximum Gasteiger partial charge on any atom is 0.253 e. The molecule has 6 nitrogen and oxygen atoms in total. The van der Waals surface area contributed by atoms with Crippen molar-refractivity contribution in [2.45, 2.75) is 13.5 Å². The van der Waals surface area contributed by atoms with E-state index in [9.17, 15) is 9.59 Å². The number of rotatable bonds is 5. The monoisotopic (exact) mass is 299 g/mol. The van der Waals surface area contributed by atoms with E-state index in [1.807, 2.05) is 12.1 Å². The average molecular weight is 299 g/mol. The van der Waals surface area contributed by atoms with E-state index in [1.165, 1.54) is 20.2 Å². The summed E-state index contributed by atoms with van der Waals surface area (Å²) < 4.78 is 4.94. The van der Waals surface area contributed by atoms with Gasteiger partial charge in [-0.15, -0.1) is 0 Å². The van der Waals surface area contributed by atoms with E-state index in [0.717, 1.165) is 11.3 Å². The highest BCUT2D eigenvalue weighted by Gasteiger charge is 2.06. The summed E-state index contributed by atoms with van der Waals surface area (Å²) in [6, 6.07) is 10.6. The van der Waals surface area contributed by atoms with Crippen LogP contribution in [0.5, 0.6) is 5.88 Å². The van der Waals surface area contributed by atoms with Crippen LogP contribution in [-0.4, -0.2) is 23.9 Å². The standard InChI is InChI=1S/C16H17N3O3/c1-11(20)19-14-6-3-12(4-7-14)9-18-16(21)13-5-8-15(22-2)17-10-13/h3-8,10H,9H2,1-2H3,(H,18,21)(H,19,20). The molecule has 0 atom stereocenters. The molecule has 6 heteroatoms. The minimum Gasteiger partial charge on any atom is -0.481 e. The van der Waals surface area contributed by atoms with Gasteiger partial charge < -0.3 is 15.4 Å². The second kappa shape index (κ2) is 7.21. The van der Waals surface area contributed by atoms with Crippen LogP contribution in [0.2, 0.25) is 0 Å². The molecule has 0 unspecified atom stereocenters. The lowest BCUT2D eigenvalue weighted by Crippen LogP contribution is -2.22. The molecule has 1 aromatic carbocycles. The fourth-order valence-corrected chi connectivity index (χ4v) is 1.83. The van der Waals surface area contributed by atoms with Gasteiger partial charge in [0, 0.05) is 31.4 Å². The molecule has 0 bridgehead atoms. The van der Waals surface area contributed by atoms with Crippen LogP contribution >= 0.6 is 0 Å². The van der Waals surface area contributed by atoms with E-state index in [4.69, 9.17) is 4.74 Å². The number of methoxy groups -OCH3 is 1. The number of amides is 2. The van der Waals surface area contributed by atoms with Gasteiger partial charge in [-0.2, -0.15) is 0 Å². The molecule has 0 aliphatic rings. The number of carbonyl (C=O) groups is 2. The largest absolute Gasteiger partial charge is 0.481 e. The van der Waals surface area contributed by atoms with E-state index in [0.29, 0.717) is 18.0 Å². The lowest BCUT2D eigenvalue weighted by Gasteiger charge is -2.07. The normalized spacial score (nSPS) is 9.91. The number of pyridine rings is 1. The molecule has 2 aromatic rings. The quantitative estimate of drug-likeness (QED) is 0.884. The van der Waals surface area contributed by atoms with Gasteiger partial charge in [-0.05, 0) is 23.8 Å². The summed E-state index contributed by atoms with van der Waals surface area (Å²) in [6.07, 6.45) is 1.47. The average Bonchev–Trinajstić information content (AvgIpc) is 2.53. The summed E-state index contributed by atoms with van der Waals surface area (Å²) in [5.41, 5.74) is 2.13. The van der Waals surface area contributed by atoms with Crippen molar-refractivity contribution in [3.63, 3.8) is 0 Å². The molecule has 0 saturated heterocycles. The van der Waals surface area contributed by atoms with Gasteiger partial charge in [-0.1, -0.05) is 12.1 Å². The molecule has 2 amide bonds. The highest BCUT2D eigenvalue weighted by atomic mass is 16.5. The SMILES string of the molecule is COc1ccc(C(=O)NCc2ccc(NC(C)=O)cc2)cn1. The first-order valence-electron chi connectivity index (χ1n) is 6.73. The molecule has 0 aliphatic heterocycles. The fraction of sp³-hybridized carbons (Fsp3) is 0.188. The number of nitrogens with zero attached hydrogens (tertiary/aromatic N) is 1. The van der Waals surface area contributed by atoms with Crippen LogP contribution in [0.1, 0.15) is 22.8 Å². The van der Waals surface area contributed by atoms with Gasteiger partial charge in [-0.25, -0.2) is 4.98 Å². The number of hydrogen-bond donors (Lipinski definition) is 2. The molecule has 114 valence electrons. The predicted octanol–water partition coefficient (Wildman–Crippen LogP) is 1.98. The van der Waals surface area contributed by atoms with Crippen molar-refractivity contribution in [3.05, 3.63) is 53.7 Å². The van der Waals surface area contributed by atoms with E-state index in [-0.39, 0.29) is 11.8 Å². The van der Waals surface area contributed by atoms with Crippen molar-refractivity contribution < 1.29 is 14.3 Å². The van der Waals surface area contributed by atoms with E-state index < -0.39 is 0 Å². The van der Waals surface area contributed by atoms with Crippen molar-refractivity contribution in [1.29, 1.82) is 0 Å². The van der Waals surface area contributed by atoms with Crippen LogP contribution in [0.15, 0.2) is 42.6 Å². The smallest absolute Gasteiger partial charge is 0.253 e. The molecule has 0 radical (unpaired) electrons. The molecule has 1 aromatic heterocycles. The predicted molar refractivity (Wildman–Crippen MR) is 82.7 cm³/mol. The molecule has 0 spiro atoms. The zero-order valence-electron chi connectivity index (χ0n) is 12.4. The minimum atomic E-state index is -0.207.